The minimum absolute atomic E-state index is 0.312. The van der Waals surface area contributed by atoms with Gasteiger partial charge in [0.2, 0.25) is 0 Å². The lowest BCUT2D eigenvalue weighted by atomic mass is 10.1. The maximum Gasteiger partial charge on any atom is 0.338 e. The van der Waals surface area contributed by atoms with E-state index in [0.29, 0.717) is 12.2 Å². The van der Waals surface area contributed by atoms with Gasteiger partial charge >= 0.3 is 5.97 Å². The van der Waals surface area contributed by atoms with Crippen molar-refractivity contribution in [1.29, 1.82) is 0 Å². The van der Waals surface area contributed by atoms with E-state index in [-0.39, 0.29) is 0 Å². The van der Waals surface area contributed by atoms with Crippen LogP contribution in [0, 0.1) is 0 Å². The second-order valence-corrected chi connectivity index (χ2v) is 8.06. The molecule has 7 nitrogen and oxygen atoms in total. The predicted octanol–water partition coefficient (Wildman–Crippen LogP) is 3.20. The number of benzene rings is 2. The van der Waals surface area contributed by atoms with Crippen LogP contribution < -0.4 is 0 Å². The quantitative estimate of drug-likeness (QED) is 0.714. The van der Waals surface area contributed by atoms with Gasteiger partial charge in [-0.05, 0) is 26.0 Å². The highest BCUT2D eigenvalue weighted by Crippen LogP contribution is 2.42. The van der Waals surface area contributed by atoms with Crippen LogP contribution in [0.2, 0.25) is 0 Å². The summed E-state index contributed by atoms with van der Waals surface area (Å²) < 4.78 is 35.8. The second-order valence-electron chi connectivity index (χ2n) is 8.06. The van der Waals surface area contributed by atoms with Crippen LogP contribution in [0.5, 0.6) is 0 Å². The molecule has 0 N–H and O–H groups in total. The van der Waals surface area contributed by atoms with Crippen LogP contribution in [0.1, 0.15) is 36.1 Å². The fourth-order valence-electron chi connectivity index (χ4n) is 4.08. The van der Waals surface area contributed by atoms with Crippen LogP contribution in [0.15, 0.2) is 60.7 Å². The standard InChI is InChI=1S/C23H24O7/c1-23(2)29-19-18(27-20(24)14-9-5-3-6-10-14)17(28-22(19)30-23)16-13-25-21(26-16)15-11-7-4-8-12-15/h3-12,16-19,21-22H,13H2,1-2H3/t16-,17+,18-,19+,21?,22+/m0/s1. The number of carbonyl (C=O) groups is 1. The first-order chi connectivity index (χ1) is 14.5. The van der Waals surface area contributed by atoms with Gasteiger partial charge in [0.25, 0.3) is 0 Å². The Morgan fingerprint density at radius 2 is 1.63 bits per heavy atom. The van der Waals surface area contributed by atoms with E-state index in [1.54, 1.807) is 38.1 Å². The van der Waals surface area contributed by atoms with Crippen LogP contribution in [-0.4, -0.2) is 49.1 Å². The average molecular weight is 412 g/mol. The summed E-state index contributed by atoms with van der Waals surface area (Å²) in [5.74, 6) is -1.26. The van der Waals surface area contributed by atoms with E-state index in [9.17, 15) is 4.79 Å². The lowest BCUT2D eigenvalue weighted by Gasteiger charge is -2.28. The summed E-state index contributed by atoms with van der Waals surface area (Å²) in [5.41, 5.74) is 1.38. The average Bonchev–Trinajstić information content (AvgIpc) is 3.43. The lowest BCUT2D eigenvalue weighted by Crippen LogP contribution is -2.44. The molecule has 30 heavy (non-hydrogen) atoms. The number of fused-ring (bicyclic) bond motifs is 1. The number of rotatable bonds is 4. The van der Waals surface area contributed by atoms with Gasteiger partial charge in [-0.15, -0.1) is 0 Å². The largest absolute Gasteiger partial charge is 0.453 e. The van der Waals surface area contributed by atoms with Crippen molar-refractivity contribution in [2.45, 2.75) is 56.6 Å². The summed E-state index contributed by atoms with van der Waals surface area (Å²) in [6.07, 6.45) is -3.37. The molecular formula is C23H24O7. The second kappa shape index (κ2) is 7.76. The molecule has 0 spiro atoms. The molecule has 0 aliphatic carbocycles. The van der Waals surface area contributed by atoms with Crippen LogP contribution in [0.25, 0.3) is 0 Å². The monoisotopic (exact) mass is 412 g/mol. The van der Waals surface area contributed by atoms with Gasteiger partial charge in [0, 0.05) is 5.56 Å². The fourth-order valence-corrected chi connectivity index (χ4v) is 4.08. The molecule has 1 unspecified atom stereocenters. The van der Waals surface area contributed by atoms with Crippen molar-refractivity contribution < 1.29 is 33.2 Å². The van der Waals surface area contributed by atoms with Crippen LogP contribution in [-0.2, 0) is 28.4 Å². The van der Waals surface area contributed by atoms with Crippen molar-refractivity contribution in [2.75, 3.05) is 6.61 Å². The highest BCUT2D eigenvalue weighted by molar-refractivity contribution is 5.89. The van der Waals surface area contributed by atoms with Gasteiger partial charge < -0.3 is 28.4 Å². The molecule has 6 atom stereocenters. The Labute approximate surface area is 174 Å². The smallest absolute Gasteiger partial charge is 0.338 e. The predicted molar refractivity (Wildman–Crippen MR) is 104 cm³/mol. The summed E-state index contributed by atoms with van der Waals surface area (Å²) in [4.78, 5) is 12.8. The van der Waals surface area contributed by atoms with Crippen molar-refractivity contribution in [3.05, 3.63) is 71.8 Å². The van der Waals surface area contributed by atoms with Crippen molar-refractivity contribution in [3.8, 4) is 0 Å². The van der Waals surface area contributed by atoms with Crippen molar-refractivity contribution >= 4 is 5.97 Å². The third-order valence-corrected chi connectivity index (χ3v) is 5.43. The Morgan fingerprint density at radius 1 is 0.933 bits per heavy atom. The van der Waals surface area contributed by atoms with E-state index in [0.717, 1.165) is 5.56 Å². The fraction of sp³-hybridized carbons (Fsp3) is 0.435. The highest BCUT2D eigenvalue weighted by atomic mass is 16.8. The van der Waals surface area contributed by atoms with Crippen LogP contribution in [0.3, 0.4) is 0 Å². The summed E-state index contributed by atoms with van der Waals surface area (Å²) in [7, 11) is 0. The molecule has 3 saturated heterocycles. The topological polar surface area (TPSA) is 72.5 Å². The number of ether oxygens (including phenoxy) is 6. The highest BCUT2D eigenvalue weighted by Gasteiger charge is 2.59. The molecule has 0 amide bonds. The van der Waals surface area contributed by atoms with E-state index < -0.39 is 48.8 Å². The first kappa shape index (κ1) is 19.7. The molecule has 0 bridgehead atoms. The van der Waals surface area contributed by atoms with E-state index in [4.69, 9.17) is 28.4 Å². The molecule has 158 valence electrons. The van der Waals surface area contributed by atoms with Gasteiger partial charge in [-0.25, -0.2) is 4.79 Å². The Balaban J connectivity index is 1.35. The van der Waals surface area contributed by atoms with E-state index in [2.05, 4.69) is 0 Å². The van der Waals surface area contributed by atoms with Crippen LogP contribution in [0.4, 0.5) is 0 Å². The van der Waals surface area contributed by atoms with Gasteiger partial charge in [-0.1, -0.05) is 48.5 Å². The van der Waals surface area contributed by atoms with E-state index >= 15 is 0 Å². The Bertz CT molecular complexity index is 885. The molecular weight excluding hydrogens is 388 g/mol. The molecule has 7 heteroatoms. The Hall–Kier alpha value is -2.29. The number of hydrogen-bond acceptors (Lipinski definition) is 7. The van der Waals surface area contributed by atoms with Gasteiger partial charge in [0.1, 0.15) is 12.2 Å². The maximum absolute atomic E-state index is 12.8. The molecule has 0 aromatic heterocycles. The summed E-state index contributed by atoms with van der Waals surface area (Å²) in [6, 6.07) is 18.5. The van der Waals surface area contributed by atoms with E-state index in [1.165, 1.54) is 0 Å². The van der Waals surface area contributed by atoms with Crippen LogP contribution >= 0.6 is 0 Å². The van der Waals surface area contributed by atoms with E-state index in [1.807, 2.05) is 36.4 Å². The van der Waals surface area contributed by atoms with Gasteiger partial charge in [0.15, 0.2) is 30.6 Å². The zero-order valence-corrected chi connectivity index (χ0v) is 16.8. The van der Waals surface area contributed by atoms with Crippen molar-refractivity contribution in [1.82, 2.24) is 0 Å². The molecule has 3 fully saturated rings. The third kappa shape index (κ3) is 3.75. The Kier molecular flexibility index (Phi) is 5.08. The van der Waals surface area contributed by atoms with Gasteiger partial charge in [0.05, 0.1) is 12.2 Å². The SMILES string of the molecule is CC1(C)O[C@H]2O[C@H]([C@@H]3COC(c4ccccc4)O3)[C@H](OC(=O)c3ccccc3)[C@H]2O1. The molecule has 0 radical (unpaired) electrons. The Morgan fingerprint density at radius 3 is 2.37 bits per heavy atom. The van der Waals surface area contributed by atoms with Gasteiger partial charge in [-0.2, -0.15) is 0 Å². The van der Waals surface area contributed by atoms with Crippen molar-refractivity contribution in [3.63, 3.8) is 0 Å². The third-order valence-electron chi connectivity index (χ3n) is 5.43. The number of esters is 1. The molecule has 3 aliphatic heterocycles. The molecule has 3 heterocycles. The lowest BCUT2D eigenvalue weighted by molar-refractivity contribution is -0.227. The zero-order chi connectivity index (χ0) is 20.7. The zero-order valence-electron chi connectivity index (χ0n) is 16.8. The molecule has 0 saturated carbocycles. The minimum Gasteiger partial charge on any atom is -0.453 e. The minimum atomic E-state index is -0.822. The summed E-state index contributed by atoms with van der Waals surface area (Å²) in [5, 5.41) is 0. The summed E-state index contributed by atoms with van der Waals surface area (Å²) in [6.45, 7) is 3.92. The normalized spacial score (nSPS) is 34.6. The van der Waals surface area contributed by atoms with Crippen molar-refractivity contribution in [2.24, 2.45) is 0 Å². The number of carbonyl (C=O) groups excluding carboxylic acids is 1. The molecule has 2 aromatic carbocycles. The first-order valence-electron chi connectivity index (χ1n) is 10.1. The first-order valence-corrected chi connectivity index (χ1v) is 10.1. The number of hydrogen-bond donors (Lipinski definition) is 0. The molecule has 3 aliphatic rings. The molecule has 5 rings (SSSR count). The summed E-state index contributed by atoms with van der Waals surface area (Å²) >= 11 is 0. The molecule has 2 aromatic rings. The van der Waals surface area contributed by atoms with Gasteiger partial charge in [-0.3, -0.25) is 0 Å². The maximum atomic E-state index is 12.8.